The smallest absolute Gasteiger partial charge is 0.339 e. The zero-order chi connectivity index (χ0) is 15.4. The average molecular weight is 292 g/mol. The predicted octanol–water partition coefficient (Wildman–Crippen LogP) is 2.86. The first-order valence-electron chi connectivity index (χ1n) is 6.90. The van der Waals surface area contributed by atoms with Gasteiger partial charge in [0.15, 0.2) is 0 Å². The molecule has 116 valence electrons. The van der Waals surface area contributed by atoms with E-state index in [1.165, 1.54) is 4.90 Å². The van der Waals surface area contributed by atoms with Gasteiger partial charge in [-0.15, -0.1) is 0 Å². The second-order valence-corrected chi connectivity index (χ2v) is 6.02. The van der Waals surface area contributed by atoms with Gasteiger partial charge in [0.25, 0.3) is 0 Å². The van der Waals surface area contributed by atoms with Crippen molar-refractivity contribution >= 4 is 5.91 Å². The molecule has 1 aliphatic heterocycles. The van der Waals surface area contributed by atoms with Gasteiger partial charge in [0.2, 0.25) is 5.91 Å². The summed E-state index contributed by atoms with van der Waals surface area (Å²) in [6.07, 6.45) is -1.36. The van der Waals surface area contributed by atoms with Gasteiger partial charge < -0.3 is 10.6 Å². The van der Waals surface area contributed by atoms with Gasteiger partial charge in [0.05, 0.1) is 0 Å². The quantitative estimate of drug-likeness (QED) is 0.792. The zero-order valence-corrected chi connectivity index (χ0v) is 12.1. The Morgan fingerprint density at radius 1 is 1.35 bits per heavy atom. The minimum Gasteiger partial charge on any atom is -0.339 e. The molecule has 3 nitrogen and oxygen atoms in total. The van der Waals surface area contributed by atoms with E-state index in [-0.39, 0.29) is 30.8 Å². The second kappa shape index (κ2) is 6.61. The molecule has 2 N–H and O–H groups in total. The van der Waals surface area contributed by atoms with Crippen LogP contribution in [0.2, 0.25) is 0 Å². The van der Waals surface area contributed by atoms with Gasteiger partial charge in [-0.05, 0) is 31.2 Å². The lowest BCUT2D eigenvalue weighted by Crippen LogP contribution is -2.37. The summed E-state index contributed by atoms with van der Waals surface area (Å²) in [6, 6.07) is 0. The van der Waals surface area contributed by atoms with Crippen molar-refractivity contribution in [2.24, 2.45) is 11.1 Å². The van der Waals surface area contributed by atoms with Crippen LogP contribution in [0.3, 0.4) is 0 Å². The van der Waals surface area contributed by atoms with Crippen molar-refractivity contribution in [2.45, 2.75) is 45.7 Å². The first-order chi connectivity index (χ1) is 9.15. The van der Waals surface area contributed by atoms with Crippen molar-refractivity contribution < 1.29 is 18.0 Å². The van der Waals surface area contributed by atoms with E-state index in [0.717, 1.165) is 12.5 Å². The zero-order valence-electron chi connectivity index (χ0n) is 12.1. The van der Waals surface area contributed by atoms with E-state index in [2.05, 4.69) is 0 Å². The molecule has 6 heteroatoms. The number of nitrogens with two attached hydrogens (primary N) is 1. The molecule has 0 atom stereocenters. The van der Waals surface area contributed by atoms with Crippen LogP contribution in [0.5, 0.6) is 0 Å². The van der Waals surface area contributed by atoms with E-state index < -0.39 is 11.7 Å². The van der Waals surface area contributed by atoms with Crippen LogP contribution in [0, 0.1) is 5.41 Å². The Balaban J connectivity index is 2.46. The number of amides is 1. The topological polar surface area (TPSA) is 46.3 Å². The van der Waals surface area contributed by atoms with E-state index in [1.807, 2.05) is 13.8 Å². The number of halogens is 3. The standard InChI is InChI=1S/C14H23F3N2O/c1-13(2,7-8-18)6-3-12(20)19-9-4-11(5-10-19)14(15,16)17/h4H,3,5-10,18H2,1-2H3. The molecule has 0 radical (unpaired) electrons. The molecular weight excluding hydrogens is 269 g/mol. The van der Waals surface area contributed by atoms with Crippen molar-refractivity contribution in [3.8, 4) is 0 Å². The molecule has 0 fully saturated rings. The number of carbonyl (C=O) groups is 1. The van der Waals surface area contributed by atoms with Gasteiger partial charge in [0.1, 0.15) is 0 Å². The number of hydrogen-bond donors (Lipinski definition) is 1. The van der Waals surface area contributed by atoms with Gasteiger partial charge in [-0.1, -0.05) is 19.9 Å². The molecule has 0 aliphatic carbocycles. The maximum atomic E-state index is 12.5. The van der Waals surface area contributed by atoms with Crippen LogP contribution in [0.15, 0.2) is 11.6 Å². The summed E-state index contributed by atoms with van der Waals surface area (Å²) >= 11 is 0. The van der Waals surface area contributed by atoms with Gasteiger partial charge >= 0.3 is 6.18 Å². The predicted molar refractivity (Wildman–Crippen MR) is 72.0 cm³/mol. The molecule has 0 bridgehead atoms. The molecule has 0 saturated carbocycles. The van der Waals surface area contributed by atoms with Crippen LogP contribution in [-0.4, -0.2) is 36.6 Å². The Labute approximate surface area is 118 Å². The summed E-state index contributed by atoms with van der Waals surface area (Å²) in [6.45, 7) is 4.88. The fraction of sp³-hybridized carbons (Fsp3) is 0.786. The van der Waals surface area contributed by atoms with Crippen LogP contribution in [0.25, 0.3) is 0 Å². The number of alkyl halides is 3. The molecule has 0 aromatic carbocycles. The minimum absolute atomic E-state index is 0.00678. The maximum absolute atomic E-state index is 12.5. The fourth-order valence-electron chi connectivity index (χ4n) is 2.27. The lowest BCUT2D eigenvalue weighted by atomic mass is 9.84. The molecule has 1 aliphatic rings. The summed E-state index contributed by atoms with van der Waals surface area (Å²) in [5, 5.41) is 0. The summed E-state index contributed by atoms with van der Waals surface area (Å²) in [7, 11) is 0. The Bertz CT molecular complexity index is 375. The van der Waals surface area contributed by atoms with Gasteiger partial charge in [-0.2, -0.15) is 13.2 Å². The Morgan fingerprint density at radius 2 is 2.00 bits per heavy atom. The monoisotopic (exact) mass is 292 g/mol. The van der Waals surface area contributed by atoms with Crippen molar-refractivity contribution in [1.82, 2.24) is 4.90 Å². The first kappa shape index (κ1) is 17.0. The number of carbonyl (C=O) groups excluding carboxylic acids is 1. The highest BCUT2D eigenvalue weighted by Crippen LogP contribution is 2.31. The molecule has 0 unspecified atom stereocenters. The molecule has 1 rings (SSSR count). The van der Waals surface area contributed by atoms with E-state index in [1.54, 1.807) is 0 Å². The summed E-state index contributed by atoms with van der Waals surface area (Å²) in [5.74, 6) is -0.0763. The van der Waals surface area contributed by atoms with Crippen molar-refractivity contribution in [1.29, 1.82) is 0 Å². The van der Waals surface area contributed by atoms with Crippen molar-refractivity contribution in [3.05, 3.63) is 11.6 Å². The molecule has 1 amide bonds. The molecule has 0 spiro atoms. The summed E-state index contributed by atoms with van der Waals surface area (Å²) < 4.78 is 37.4. The fourth-order valence-corrected chi connectivity index (χ4v) is 2.27. The normalized spacial score (nSPS) is 17.1. The lowest BCUT2D eigenvalue weighted by Gasteiger charge is -2.29. The molecule has 0 saturated heterocycles. The van der Waals surface area contributed by atoms with Crippen LogP contribution in [-0.2, 0) is 4.79 Å². The Hall–Kier alpha value is -1.04. The highest BCUT2D eigenvalue weighted by molar-refractivity contribution is 5.76. The van der Waals surface area contributed by atoms with E-state index >= 15 is 0 Å². The third kappa shape index (κ3) is 5.15. The molecule has 1 heterocycles. The van der Waals surface area contributed by atoms with Crippen molar-refractivity contribution in [3.63, 3.8) is 0 Å². The van der Waals surface area contributed by atoms with Crippen LogP contribution < -0.4 is 5.73 Å². The average Bonchev–Trinajstić information content (AvgIpc) is 2.35. The lowest BCUT2D eigenvalue weighted by molar-refractivity contribution is -0.132. The Kier molecular flexibility index (Phi) is 5.62. The highest BCUT2D eigenvalue weighted by Gasteiger charge is 2.35. The summed E-state index contributed by atoms with van der Waals surface area (Å²) in [5.41, 5.74) is 4.98. The number of nitrogens with zero attached hydrogens (tertiary/aromatic N) is 1. The molecule has 0 aromatic rings. The SMILES string of the molecule is CC(C)(CCN)CCC(=O)N1CC=C(C(F)(F)F)CC1. The van der Waals surface area contributed by atoms with Crippen LogP contribution in [0.4, 0.5) is 13.2 Å². The third-order valence-corrected chi connectivity index (χ3v) is 3.76. The third-order valence-electron chi connectivity index (χ3n) is 3.76. The van der Waals surface area contributed by atoms with Crippen LogP contribution >= 0.6 is 0 Å². The molecule has 20 heavy (non-hydrogen) atoms. The van der Waals surface area contributed by atoms with E-state index in [4.69, 9.17) is 5.73 Å². The highest BCUT2D eigenvalue weighted by atomic mass is 19.4. The van der Waals surface area contributed by atoms with Gasteiger partial charge in [-0.25, -0.2) is 0 Å². The Morgan fingerprint density at radius 3 is 2.45 bits per heavy atom. The second-order valence-electron chi connectivity index (χ2n) is 6.02. The number of hydrogen-bond acceptors (Lipinski definition) is 2. The van der Waals surface area contributed by atoms with Gasteiger partial charge in [0, 0.05) is 25.1 Å². The van der Waals surface area contributed by atoms with Gasteiger partial charge in [-0.3, -0.25) is 4.79 Å². The van der Waals surface area contributed by atoms with Crippen LogP contribution in [0.1, 0.15) is 39.5 Å². The van der Waals surface area contributed by atoms with E-state index in [0.29, 0.717) is 19.4 Å². The minimum atomic E-state index is -4.27. The maximum Gasteiger partial charge on any atom is 0.412 e. The molecule has 0 aromatic heterocycles. The van der Waals surface area contributed by atoms with E-state index in [9.17, 15) is 18.0 Å². The first-order valence-corrected chi connectivity index (χ1v) is 6.90. The largest absolute Gasteiger partial charge is 0.412 e. The molecular formula is C14H23F3N2O. The number of rotatable bonds is 5. The van der Waals surface area contributed by atoms with Crippen molar-refractivity contribution in [2.75, 3.05) is 19.6 Å². The summed E-state index contributed by atoms with van der Waals surface area (Å²) in [4.78, 5) is 13.5.